The second-order valence-corrected chi connectivity index (χ2v) is 7.57. The minimum atomic E-state index is -0.152. The number of thiazole rings is 1. The number of carbonyl (C=O) groups is 1. The molecule has 0 fully saturated rings. The number of halogens is 1. The molecule has 0 unspecified atom stereocenters. The van der Waals surface area contributed by atoms with Crippen LogP contribution in [0.1, 0.15) is 20.2 Å². The van der Waals surface area contributed by atoms with Gasteiger partial charge in [-0.15, -0.1) is 11.3 Å². The van der Waals surface area contributed by atoms with E-state index in [0.717, 1.165) is 32.0 Å². The van der Waals surface area contributed by atoms with Crippen LogP contribution in [-0.2, 0) is 6.54 Å². The molecule has 7 heteroatoms. The molecule has 0 spiro atoms. The Kier molecular flexibility index (Phi) is 4.44. The first-order valence-electron chi connectivity index (χ1n) is 8.04. The lowest BCUT2D eigenvalue weighted by Crippen LogP contribution is -2.23. The number of amides is 1. The zero-order valence-corrected chi connectivity index (χ0v) is 15.5. The van der Waals surface area contributed by atoms with Gasteiger partial charge in [0, 0.05) is 20.8 Å². The van der Waals surface area contributed by atoms with Crippen LogP contribution in [0.15, 0.2) is 48.7 Å². The molecule has 0 saturated carbocycles. The smallest absolute Gasteiger partial charge is 0.253 e. The summed E-state index contributed by atoms with van der Waals surface area (Å²) in [6, 6.07) is 13.1. The normalized spacial score (nSPS) is 11.0. The average Bonchev–Trinajstić information content (AvgIpc) is 3.26. The number of fused-ring (bicyclic) bond motifs is 1. The number of nitrogens with one attached hydrogen (secondary N) is 2. The minimum absolute atomic E-state index is 0.152. The van der Waals surface area contributed by atoms with Crippen molar-refractivity contribution in [3.63, 3.8) is 0 Å². The predicted octanol–water partition coefficient (Wildman–Crippen LogP) is 4.58. The molecule has 0 aliphatic rings. The number of H-pyrrole nitrogens is 1. The van der Waals surface area contributed by atoms with E-state index in [1.54, 1.807) is 23.6 Å². The molecule has 4 rings (SSSR count). The topological polar surface area (TPSA) is 70.7 Å². The molecule has 4 aromatic rings. The second kappa shape index (κ2) is 6.90. The van der Waals surface area contributed by atoms with E-state index < -0.39 is 0 Å². The van der Waals surface area contributed by atoms with E-state index in [4.69, 9.17) is 11.6 Å². The fourth-order valence-corrected chi connectivity index (χ4v) is 3.83. The number of aryl methyl sites for hydroxylation is 1. The SMILES string of the molecule is Cc1sc(CNC(=O)c2cccc3cn[nH]c23)nc1-c1ccc(Cl)cc1. The fraction of sp³-hybridized carbons (Fsp3) is 0.105. The van der Waals surface area contributed by atoms with Gasteiger partial charge in [-0.2, -0.15) is 5.10 Å². The number of carbonyl (C=O) groups excluding carboxylic acids is 1. The Bertz CT molecular complexity index is 1080. The third kappa shape index (κ3) is 3.21. The first kappa shape index (κ1) is 16.8. The van der Waals surface area contributed by atoms with Crippen molar-refractivity contribution in [1.29, 1.82) is 0 Å². The van der Waals surface area contributed by atoms with Gasteiger partial charge in [0.2, 0.25) is 0 Å². The average molecular weight is 383 g/mol. The molecule has 2 aromatic heterocycles. The monoisotopic (exact) mass is 382 g/mol. The van der Waals surface area contributed by atoms with E-state index in [2.05, 4.69) is 20.5 Å². The highest BCUT2D eigenvalue weighted by molar-refractivity contribution is 7.12. The van der Waals surface area contributed by atoms with Gasteiger partial charge in [0.1, 0.15) is 5.01 Å². The van der Waals surface area contributed by atoms with Crippen molar-refractivity contribution in [2.24, 2.45) is 0 Å². The number of benzene rings is 2. The van der Waals surface area contributed by atoms with Gasteiger partial charge in [-0.25, -0.2) is 4.98 Å². The summed E-state index contributed by atoms with van der Waals surface area (Å²) in [6.07, 6.45) is 1.70. The van der Waals surface area contributed by atoms with Crippen molar-refractivity contribution in [2.45, 2.75) is 13.5 Å². The van der Waals surface area contributed by atoms with Crippen molar-refractivity contribution < 1.29 is 4.79 Å². The van der Waals surface area contributed by atoms with Crippen molar-refractivity contribution in [2.75, 3.05) is 0 Å². The molecule has 2 heterocycles. The van der Waals surface area contributed by atoms with Crippen LogP contribution in [0, 0.1) is 6.92 Å². The van der Waals surface area contributed by atoms with E-state index >= 15 is 0 Å². The van der Waals surface area contributed by atoms with Crippen molar-refractivity contribution in [1.82, 2.24) is 20.5 Å². The highest BCUT2D eigenvalue weighted by Crippen LogP contribution is 2.28. The van der Waals surface area contributed by atoms with Gasteiger partial charge in [-0.3, -0.25) is 9.89 Å². The number of rotatable bonds is 4. The maximum Gasteiger partial charge on any atom is 0.253 e. The summed E-state index contributed by atoms with van der Waals surface area (Å²) in [6.45, 7) is 2.40. The molecule has 130 valence electrons. The van der Waals surface area contributed by atoms with E-state index in [-0.39, 0.29) is 5.91 Å². The number of aromatic nitrogens is 3. The predicted molar refractivity (Wildman–Crippen MR) is 105 cm³/mol. The molecule has 5 nitrogen and oxygen atoms in total. The summed E-state index contributed by atoms with van der Waals surface area (Å²) < 4.78 is 0. The number of hydrogen-bond donors (Lipinski definition) is 2. The molecule has 0 saturated heterocycles. The molecule has 0 bridgehead atoms. The van der Waals surface area contributed by atoms with Crippen LogP contribution in [0.4, 0.5) is 0 Å². The standard InChI is InChI=1S/C19H15ClN4OS/c1-11-17(12-5-7-14(20)8-6-12)23-16(26-11)10-21-19(25)15-4-2-3-13-9-22-24-18(13)15/h2-9H,10H2,1H3,(H,21,25)(H,22,24). The first-order chi connectivity index (χ1) is 12.6. The molecule has 1 amide bonds. The lowest BCUT2D eigenvalue weighted by atomic mass is 10.1. The Balaban J connectivity index is 1.51. The van der Waals surface area contributed by atoms with Crippen molar-refractivity contribution in [3.05, 3.63) is 69.1 Å². The number of nitrogens with zero attached hydrogens (tertiary/aromatic N) is 2. The van der Waals surface area contributed by atoms with Gasteiger partial charge >= 0.3 is 0 Å². The van der Waals surface area contributed by atoms with Crippen LogP contribution in [0.3, 0.4) is 0 Å². The quantitative estimate of drug-likeness (QED) is 0.542. The Hall–Kier alpha value is -2.70. The second-order valence-electron chi connectivity index (χ2n) is 5.84. The fourth-order valence-electron chi connectivity index (χ4n) is 2.81. The lowest BCUT2D eigenvalue weighted by Gasteiger charge is -2.04. The van der Waals surface area contributed by atoms with Gasteiger partial charge in [-0.05, 0) is 25.1 Å². The Morgan fingerprint density at radius 1 is 1.23 bits per heavy atom. The highest BCUT2D eigenvalue weighted by Gasteiger charge is 2.14. The number of hydrogen-bond acceptors (Lipinski definition) is 4. The third-order valence-corrected chi connectivity index (χ3v) is 5.30. The minimum Gasteiger partial charge on any atom is -0.345 e. The maximum absolute atomic E-state index is 12.5. The van der Waals surface area contributed by atoms with Crippen molar-refractivity contribution >= 4 is 39.7 Å². The number of para-hydroxylation sites is 1. The van der Waals surface area contributed by atoms with E-state index in [1.807, 2.05) is 43.3 Å². The largest absolute Gasteiger partial charge is 0.345 e. The molecule has 0 aliphatic heterocycles. The van der Waals surface area contributed by atoms with Gasteiger partial charge in [0.25, 0.3) is 5.91 Å². The van der Waals surface area contributed by atoms with E-state index in [9.17, 15) is 4.79 Å². The number of aromatic amines is 1. The summed E-state index contributed by atoms with van der Waals surface area (Å²) in [4.78, 5) is 18.3. The molecular weight excluding hydrogens is 368 g/mol. The van der Waals surface area contributed by atoms with Crippen LogP contribution in [-0.4, -0.2) is 21.1 Å². The van der Waals surface area contributed by atoms with E-state index in [0.29, 0.717) is 17.1 Å². The van der Waals surface area contributed by atoms with Crippen LogP contribution >= 0.6 is 22.9 Å². The Labute approximate surface area is 159 Å². The summed E-state index contributed by atoms with van der Waals surface area (Å²) in [5, 5.41) is 12.3. The van der Waals surface area contributed by atoms with E-state index in [1.165, 1.54) is 0 Å². The molecule has 2 N–H and O–H groups in total. The first-order valence-corrected chi connectivity index (χ1v) is 9.24. The molecule has 26 heavy (non-hydrogen) atoms. The van der Waals surface area contributed by atoms with Gasteiger partial charge < -0.3 is 5.32 Å². The Morgan fingerprint density at radius 2 is 2.04 bits per heavy atom. The lowest BCUT2D eigenvalue weighted by molar-refractivity contribution is 0.0952. The summed E-state index contributed by atoms with van der Waals surface area (Å²) >= 11 is 7.52. The van der Waals surface area contributed by atoms with Crippen molar-refractivity contribution in [3.8, 4) is 11.3 Å². The molecule has 2 aromatic carbocycles. The highest BCUT2D eigenvalue weighted by atomic mass is 35.5. The third-order valence-electron chi connectivity index (χ3n) is 4.08. The van der Waals surface area contributed by atoms with Crippen LogP contribution < -0.4 is 5.32 Å². The summed E-state index contributed by atoms with van der Waals surface area (Å²) in [5.74, 6) is -0.152. The summed E-state index contributed by atoms with van der Waals surface area (Å²) in [7, 11) is 0. The zero-order chi connectivity index (χ0) is 18.1. The molecule has 0 atom stereocenters. The van der Waals surface area contributed by atoms with Crippen LogP contribution in [0.5, 0.6) is 0 Å². The molecule has 0 radical (unpaired) electrons. The maximum atomic E-state index is 12.5. The van der Waals surface area contributed by atoms with Crippen LogP contribution in [0.2, 0.25) is 5.02 Å². The molecular formula is C19H15ClN4OS. The molecule has 0 aliphatic carbocycles. The Morgan fingerprint density at radius 3 is 2.85 bits per heavy atom. The van der Waals surface area contributed by atoms with Gasteiger partial charge in [-0.1, -0.05) is 35.9 Å². The van der Waals surface area contributed by atoms with Gasteiger partial charge in [0.05, 0.1) is 29.5 Å². The zero-order valence-electron chi connectivity index (χ0n) is 13.9. The van der Waals surface area contributed by atoms with Gasteiger partial charge in [0.15, 0.2) is 0 Å². The van der Waals surface area contributed by atoms with Crippen LogP contribution in [0.25, 0.3) is 22.2 Å². The summed E-state index contributed by atoms with van der Waals surface area (Å²) in [5.41, 5.74) is 3.25.